The molecule has 0 aromatic heterocycles. The summed E-state index contributed by atoms with van der Waals surface area (Å²) in [6, 6.07) is 13.0. The molecule has 4 rings (SSSR count). The van der Waals surface area contributed by atoms with Crippen molar-refractivity contribution in [3.05, 3.63) is 82.3 Å². The van der Waals surface area contributed by atoms with Gasteiger partial charge in [-0.25, -0.2) is 9.18 Å². The quantitative estimate of drug-likeness (QED) is 0.893. The molecule has 132 valence electrons. The van der Waals surface area contributed by atoms with Gasteiger partial charge in [-0.05, 0) is 35.7 Å². The topological polar surface area (TPSA) is 61.4 Å². The fourth-order valence-electron chi connectivity index (χ4n) is 3.51. The minimum atomic E-state index is -0.467. The Morgan fingerprint density at radius 3 is 2.58 bits per heavy atom. The second kappa shape index (κ2) is 6.29. The van der Waals surface area contributed by atoms with Crippen molar-refractivity contribution in [1.82, 2.24) is 15.5 Å². The Bertz CT molecular complexity index is 921. The first kappa shape index (κ1) is 16.3. The number of rotatable bonds is 3. The SMILES string of the molecule is Cc1ccccc1[C@@H]1NC(=O)NC2=C1C(=O)N(Cc1ccc(F)cc1)C2. The van der Waals surface area contributed by atoms with Crippen molar-refractivity contribution in [3.63, 3.8) is 0 Å². The van der Waals surface area contributed by atoms with Gasteiger partial charge >= 0.3 is 6.03 Å². The summed E-state index contributed by atoms with van der Waals surface area (Å²) in [5.41, 5.74) is 3.96. The van der Waals surface area contributed by atoms with Crippen LogP contribution in [0.4, 0.5) is 9.18 Å². The van der Waals surface area contributed by atoms with Gasteiger partial charge in [0.25, 0.3) is 5.91 Å². The van der Waals surface area contributed by atoms with Gasteiger partial charge in [0.05, 0.1) is 23.9 Å². The number of benzene rings is 2. The van der Waals surface area contributed by atoms with Crippen LogP contribution in [0.15, 0.2) is 59.8 Å². The fourth-order valence-corrected chi connectivity index (χ4v) is 3.51. The van der Waals surface area contributed by atoms with Gasteiger partial charge in [-0.3, -0.25) is 4.79 Å². The van der Waals surface area contributed by atoms with E-state index in [9.17, 15) is 14.0 Å². The standard InChI is InChI=1S/C20H18FN3O2/c1-12-4-2-3-5-15(12)18-17-16(22-20(26)23-18)11-24(19(17)25)10-13-6-8-14(21)9-7-13/h2-9,18H,10-11H2,1H3,(H2,22,23,26)/t18-/m0/s1. The molecule has 2 N–H and O–H groups in total. The summed E-state index contributed by atoms with van der Waals surface area (Å²) >= 11 is 0. The Morgan fingerprint density at radius 1 is 1.12 bits per heavy atom. The normalized spacial score (nSPS) is 19.3. The molecule has 0 radical (unpaired) electrons. The van der Waals surface area contributed by atoms with Crippen molar-refractivity contribution in [2.24, 2.45) is 0 Å². The molecule has 2 heterocycles. The van der Waals surface area contributed by atoms with E-state index in [0.717, 1.165) is 16.7 Å². The average Bonchev–Trinajstić information content (AvgIpc) is 2.92. The van der Waals surface area contributed by atoms with Crippen LogP contribution in [0.2, 0.25) is 0 Å². The summed E-state index contributed by atoms with van der Waals surface area (Å²) in [5.74, 6) is -0.430. The number of halogens is 1. The van der Waals surface area contributed by atoms with Gasteiger partial charge in [-0.15, -0.1) is 0 Å². The van der Waals surface area contributed by atoms with Gasteiger partial charge in [0, 0.05) is 6.54 Å². The zero-order valence-electron chi connectivity index (χ0n) is 14.3. The van der Waals surface area contributed by atoms with E-state index in [0.29, 0.717) is 24.4 Å². The highest BCUT2D eigenvalue weighted by molar-refractivity contribution is 6.01. The molecule has 1 atom stereocenters. The molecule has 0 aliphatic carbocycles. The van der Waals surface area contributed by atoms with Gasteiger partial charge < -0.3 is 15.5 Å². The molecule has 0 saturated carbocycles. The molecule has 0 spiro atoms. The van der Waals surface area contributed by atoms with Crippen LogP contribution < -0.4 is 10.6 Å². The van der Waals surface area contributed by atoms with E-state index < -0.39 is 6.04 Å². The molecule has 2 aliphatic heterocycles. The number of aryl methyl sites for hydroxylation is 1. The maximum atomic E-state index is 13.1. The Kier molecular flexibility index (Phi) is 3.95. The number of nitrogens with one attached hydrogen (secondary N) is 2. The lowest BCUT2D eigenvalue weighted by Gasteiger charge is -2.26. The van der Waals surface area contributed by atoms with Crippen LogP contribution in [0, 0.1) is 12.7 Å². The molecule has 2 aliphatic rings. The Hall–Kier alpha value is -3.15. The number of hydrogen-bond acceptors (Lipinski definition) is 2. The Balaban J connectivity index is 1.64. The first-order valence-electron chi connectivity index (χ1n) is 8.43. The van der Waals surface area contributed by atoms with Crippen LogP contribution in [0.5, 0.6) is 0 Å². The smallest absolute Gasteiger partial charge is 0.319 e. The third-order valence-corrected chi connectivity index (χ3v) is 4.81. The highest BCUT2D eigenvalue weighted by Gasteiger charge is 2.40. The van der Waals surface area contributed by atoms with Crippen molar-refractivity contribution >= 4 is 11.9 Å². The van der Waals surface area contributed by atoms with Crippen LogP contribution in [-0.2, 0) is 11.3 Å². The van der Waals surface area contributed by atoms with Gasteiger partial charge in [0.2, 0.25) is 0 Å². The molecule has 0 fully saturated rings. The monoisotopic (exact) mass is 351 g/mol. The summed E-state index contributed by atoms with van der Waals surface area (Å²) in [7, 11) is 0. The second-order valence-corrected chi connectivity index (χ2v) is 6.57. The zero-order valence-corrected chi connectivity index (χ0v) is 14.3. The van der Waals surface area contributed by atoms with Gasteiger partial charge in [0.1, 0.15) is 5.82 Å². The van der Waals surface area contributed by atoms with Gasteiger partial charge in [0.15, 0.2) is 0 Å². The molecule has 5 nitrogen and oxygen atoms in total. The summed E-state index contributed by atoms with van der Waals surface area (Å²) in [6.45, 7) is 2.66. The zero-order chi connectivity index (χ0) is 18.3. The molecule has 6 heteroatoms. The van der Waals surface area contributed by atoms with E-state index in [2.05, 4.69) is 10.6 Å². The van der Waals surface area contributed by atoms with Crippen molar-refractivity contribution in [3.8, 4) is 0 Å². The van der Waals surface area contributed by atoms with Crippen molar-refractivity contribution in [2.45, 2.75) is 19.5 Å². The molecule has 3 amide bonds. The Morgan fingerprint density at radius 2 is 1.85 bits per heavy atom. The lowest BCUT2D eigenvalue weighted by molar-refractivity contribution is -0.126. The molecular weight excluding hydrogens is 333 g/mol. The highest BCUT2D eigenvalue weighted by Crippen LogP contribution is 2.34. The minimum absolute atomic E-state index is 0.120. The van der Waals surface area contributed by atoms with Crippen LogP contribution in [0.3, 0.4) is 0 Å². The van der Waals surface area contributed by atoms with Crippen LogP contribution in [0.25, 0.3) is 0 Å². The number of urea groups is 1. The van der Waals surface area contributed by atoms with Crippen LogP contribution in [0.1, 0.15) is 22.7 Å². The van der Waals surface area contributed by atoms with E-state index in [4.69, 9.17) is 0 Å². The van der Waals surface area contributed by atoms with E-state index in [1.165, 1.54) is 12.1 Å². The molecule has 0 saturated heterocycles. The number of carbonyl (C=O) groups is 2. The predicted octanol–water partition coefficient (Wildman–Crippen LogP) is 2.78. The molecular formula is C20H18FN3O2. The molecule has 0 bridgehead atoms. The largest absolute Gasteiger partial charge is 0.329 e. The van der Waals surface area contributed by atoms with Gasteiger partial charge in [-0.2, -0.15) is 0 Å². The molecule has 2 aromatic rings. The predicted molar refractivity (Wildman–Crippen MR) is 94.4 cm³/mol. The van der Waals surface area contributed by atoms with Crippen molar-refractivity contribution in [2.75, 3.05) is 6.54 Å². The van der Waals surface area contributed by atoms with Gasteiger partial charge in [-0.1, -0.05) is 36.4 Å². The number of hydrogen-bond donors (Lipinski definition) is 2. The van der Waals surface area contributed by atoms with Crippen molar-refractivity contribution < 1.29 is 14.0 Å². The summed E-state index contributed by atoms with van der Waals surface area (Å²) in [4.78, 5) is 26.8. The first-order chi connectivity index (χ1) is 12.5. The van der Waals surface area contributed by atoms with E-state index in [1.54, 1.807) is 17.0 Å². The summed E-state index contributed by atoms with van der Waals surface area (Å²) in [6.07, 6.45) is 0. The number of carbonyl (C=O) groups excluding carboxylic acids is 2. The maximum Gasteiger partial charge on any atom is 0.319 e. The molecule has 0 unspecified atom stereocenters. The molecule has 2 aromatic carbocycles. The maximum absolute atomic E-state index is 13.1. The fraction of sp³-hybridized carbons (Fsp3) is 0.200. The van der Waals surface area contributed by atoms with E-state index in [-0.39, 0.29) is 17.8 Å². The summed E-state index contributed by atoms with van der Waals surface area (Å²) < 4.78 is 13.1. The third kappa shape index (κ3) is 2.83. The highest BCUT2D eigenvalue weighted by atomic mass is 19.1. The minimum Gasteiger partial charge on any atom is -0.329 e. The lowest BCUT2D eigenvalue weighted by atomic mass is 9.93. The number of amides is 3. The Labute approximate surface area is 150 Å². The van der Waals surface area contributed by atoms with Crippen molar-refractivity contribution in [1.29, 1.82) is 0 Å². The third-order valence-electron chi connectivity index (χ3n) is 4.81. The lowest BCUT2D eigenvalue weighted by Crippen LogP contribution is -2.44. The van der Waals surface area contributed by atoms with E-state index >= 15 is 0 Å². The van der Waals surface area contributed by atoms with Crippen LogP contribution >= 0.6 is 0 Å². The second-order valence-electron chi connectivity index (χ2n) is 6.57. The van der Waals surface area contributed by atoms with E-state index in [1.807, 2.05) is 31.2 Å². The van der Waals surface area contributed by atoms with Crippen LogP contribution in [-0.4, -0.2) is 23.4 Å². The average molecular weight is 351 g/mol. The number of nitrogens with zero attached hydrogens (tertiary/aromatic N) is 1. The molecule has 26 heavy (non-hydrogen) atoms. The summed E-state index contributed by atoms with van der Waals surface area (Å²) in [5, 5.41) is 5.62. The first-order valence-corrected chi connectivity index (χ1v) is 8.43.